The lowest BCUT2D eigenvalue weighted by Gasteiger charge is -2.25. The van der Waals surface area contributed by atoms with Crippen LogP contribution in [0.3, 0.4) is 0 Å². The highest BCUT2D eigenvalue weighted by Crippen LogP contribution is 2.12. The van der Waals surface area contributed by atoms with E-state index < -0.39 is 48.0 Å². The van der Waals surface area contributed by atoms with Crippen molar-refractivity contribution in [2.75, 3.05) is 0 Å². The number of nitrogens with two attached hydrogens (primary N) is 1. The summed E-state index contributed by atoms with van der Waals surface area (Å²) in [5, 5.41) is 8.17. The minimum Gasteiger partial charge on any atom is -0.445 e. The Kier molecular flexibility index (Phi) is 15.1. The van der Waals surface area contributed by atoms with E-state index in [1.54, 1.807) is 12.1 Å². The fourth-order valence-electron chi connectivity index (χ4n) is 4.92. The van der Waals surface area contributed by atoms with E-state index in [1.807, 2.05) is 69.3 Å². The highest BCUT2D eigenvalue weighted by Gasteiger charge is 2.28. The number of alkyl carbamates (subject to hydrolysis) is 1. The number of aromatic nitrogens is 2. The fraction of sp³-hybridized carbons (Fsp3) is 0.429. The summed E-state index contributed by atoms with van der Waals surface area (Å²) in [6.07, 6.45) is 3.41. The summed E-state index contributed by atoms with van der Waals surface area (Å²) < 4.78 is 11.9. The van der Waals surface area contributed by atoms with E-state index in [1.165, 1.54) is 12.5 Å². The quantitative estimate of drug-likeness (QED) is 0.158. The highest BCUT2D eigenvalue weighted by molar-refractivity contribution is 5.88. The van der Waals surface area contributed by atoms with Crippen LogP contribution < -0.4 is 21.7 Å². The molecule has 1 aromatic heterocycles. The lowest BCUT2D eigenvalue weighted by Crippen LogP contribution is -2.52. The Morgan fingerprint density at radius 3 is 2.06 bits per heavy atom. The van der Waals surface area contributed by atoms with Gasteiger partial charge in [0.2, 0.25) is 17.7 Å². The molecule has 3 aromatic rings. The molecule has 1 heterocycles. The summed E-state index contributed by atoms with van der Waals surface area (Å²) in [4.78, 5) is 68.3. The number of rotatable bonds is 18. The van der Waals surface area contributed by atoms with Crippen LogP contribution in [-0.2, 0) is 43.5 Å². The average molecular weight is 663 g/mol. The van der Waals surface area contributed by atoms with Gasteiger partial charge in [-0.15, -0.1) is 0 Å². The Bertz CT molecular complexity index is 1480. The van der Waals surface area contributed by atoms with Gasteiger partial charge in [-0.1, -0.05) is 94.3 Å². The Labute approximate surface area is 281 Å². The lowest BCUT2D eigenvalue weighted by molar-refractivity contribution is -0.128. The molecule has 0 bridgehead atoms. The first-order valence-electron chi connectivity index (χ1n) is 16.1. The minimum atomic E-state index is -1.17. The molecule has 0 saturated heterocycles. The van der Waals surface area contributed by atoms with E-state index in [4.69, 9.17) is 15.2 Å². The fourth-order valence-corrected chi connectivity index (χ4v) is 4.92. The van der Waals surface area contributed by atoms with Crippen molar-refractivity contribution < 1.29 is 33.4 Å². The second-order valence-corrected chi connectivity index (χ2v) is 12.0. The number of primary amides is 1. The predicted octanol–water partition coefficient (Wildman–Crippen LogP) is 3.99. The van der Waals surface area contributed by atoms with Crippen LogP contribution in [0.1, 0.15) is 69.7 Å². The Morgan fingerprint density at radius 2 is 1.48 bits per heavy atom. The van der Waals surface area contributed by atoms with Gasteiger partial charge in [0.05, 0.1) is 5.69 Å². The third kappa shape index (κ3) is 13.3. The molecular weight excluding hydrogens is 616 g/mol. The second-order valence-electron chi connectivity index (χ2n) is 12.0. The van der Waals surface area contributed by atoms with Crippen LogP contribution in [0.5, 0.6) is 0 Å². The summed E-state index contributed by atoms with van der Waals surface area (Å²) >= 11 is 0. The van der Waals surface area contributed by atoms with Gasteiger partial charge >= 0.3 is 12.2 Å². The smallest absolute Gasteiger partial charge is 0.419 e. The third-order valence-electron chi connectivity index (χ3n) is 7.35. The SMILES string of the molecule is CCCC[C@@H](NC(=O)C[C@H](CC(C)C)NC(=O)[C@H](Cc1cn(C(=O)OCc2ccccc2)cn1)NC(=O)OCc1ccccc1)C(N)=O. The topological polar surface area (TPSA) is 184 Å². The Hall–Kier alpha value is -5.20. The number of amides is 4. The molecule has 0 aliphatic carbocycles. The maximum atomic E-state index is 13.7. The molecule has 48 heavy (non-hydrogen) atoms. The zero-order valence-electron chi connectivity index (χ0n) is 27.7. The van der Waals surface area contributed by atoms with Crippen molar-refractivity contribution in [1.82, 2.24) is 25.5 Å². The molecule has 0 saturated carbocycles. The number of ether oxygens (including phenoxy) is 2. The summed E-state index contributed by atoms with van der Waals surface area (Å²) in [5.41, 5.74) is 7.40. The standard InChI is InChI=1S/C35H46N6O7/c1-4-5-16-29(32(36)43)39-31(42)19-27(17-24(2)3)38-33(44)30(40-34(45)47-21-25-12-8-6-9-13-25)18-28-20-41(23-37-28)35(46)48-22-26-14-10-7-11-15-26/h6-15,20,23-24,27,29-30H,4-5,16-19,21-22H2,1-3H3,(H2,36,43)(H,38,44)(H,39,42)(H,40,45)/t27-,29+,30-/m0/s1. The maximum Gasteiger partial charge on any atom is 0.419 e. The van der Waals surface area contributed by atoms with Crippen LogP contribution in [0.2, 0.25) is 0 Å². The lowest BCUT2D eigenvalue weighted by atomic mass is 9.99. The first kappa shape index (κ1) is 37.3. The molecule has 0 unspecified atom stereocenters. The van der Waals surface area contributed by atoms with Gasteiger partial charge in [0, 0.05) is 25.1 Å². The number of benzene rings is 2. The van der Waals surface area contributed by atoms with Gasteiger partial charge in [-0.25, -0.2) is 19.1 Å². The highest BCUT2D eigenvalue weighted by atomic mass is 16.6. The number of carbonyl (C=O) groups excluding carboxylic acids is 5. The van der Waals surface area contributed by atoms with Gasteiger partial charge in [-0.2, -0.15) is 0 Å². The molecule has 3 atom stereocenters. The Balaban J connectivity index is 1.72. The van der Waals surface area contributed by atoms with Crippen molar-refractivity contribution in [3.05, 3.63) is 90.0 Å². The molecule has 0 aliphatic rings. The molecule has 258 valence electrons. The first-order chi connectivity index (χ1) is 23.0. The predicted molar refractivity (Wildman–Crippen MR) is 178 cm³/mol. The number of imidazole rings is 1. The molecule has 0 fully saturated rings. The normalized spacial score (nSPS) is 12.8. The molecular formula is C35H46N6O7. The molecule has 5 N–H and O–H groups in total. The van der Waals surface area contributed by atoms with Crippen molar-refractivity contribution in [2.24, 2.45) is 11.7 Å². The second kappa shape index (κ2) is 19.5. The van der Waals surface area contributed by atoms with Gasteiger partial charge in [0.25, 0.3) is 0 Å². The number of nitrogens with one attached hydrogen (secondary N) is 3. The van der Waals surface area contributed by atoms with E-state index in [9.17, 15) is 24.0 Å². The molecule has 13 nitrogen and oxygen atoms in total. The molecule has 0 aliphatic heterocycles. The van der Waals surface area contributed by atoms with Crippen molar-refractivity contribution in [2.45, 2.75) is 90.6 Å². The van der Waals surface area contributed by atoms with Crippen LogP contribution in [0.4, 0.5) is 9.59 Å². The van der Waals surface area contributed by atoms with Crippen molar-refractivity contribution in [3.8, 4) is 0 Å². The van der Waals surface area contributed by atoms with Crippen molar-refractivity contribution >= 4 is 29.9 Å². The maximum absolute atomic E-state index is 13.7. The number of nitrogens with zero attached hydrogens (tertiary/aromatic N) is 2. The molecule has 13 heteroatoms. The summed E-state index contributed by atoms with van der Waals surface area (Å²) in [7, 11) is 0. The largest absolute Gasteiger partial charge is 0.445 e. The van der Waals surface area contributed by atoms with E-state index in [2.05, 4.69) is 20.9 Å². The Morgan fingerprint density at radius 1 is 0.854 bits per heavy atom. The third-order valence-corrected chi connectivity index (χ3v) is 7.35. The monoisotopic (exact) mass is 662 g/mol. The van der Waals surface area contributed by atoms with Gasteiger partial charge in [0.1, 0.15) is 31.6 Å². The van der Waals surface area contributed by atoms with Crippen LogP contribution in [0.15, 0.2) is 73.2 Å². The average Bonchev–Trinajstić information content (AvgIpc) is 3.53. The summed E-state index contributed by atoms with van der Waals surface area (Å²) in [6, 6.07) is 15.7. The van der Waals surface area contributed by atoms with Crippen LogP contribution in [-0.4, -0.2) is 57.6 Å². The molecule has 3 rings (SSSR count). The van der Waals surface area contributed by atoms with Gasteiger partial charge < -0.3 is 31.2 Å². The molecule has 2 aromatic carbocycles. The number of hydrogen-bond acceptors (Lipinski definition) is 8. The number of carbonyl (C=O) groups is 5. The van der Waals surface area contributed by atoms with Crippen LogP contribution in [0, 0.1) is 5.92 Å². The molecule has 0 radical (unpaired) electrons. The summed E-state index contributed by atoms with van der Waals surface area (Å²) in [6.45, 7) is 5.92. The van der Waals surface area contributed by atoms with E-state index in [-0.39, 0.29) is 32.0 Å². The summed E-state index contributed by atoms with van der Waals surface area (Å²) in [5.74, 6) is -1.53. The molecule has 4 amide bonds. The number of hydrogen-bond donors (Lipinski definition) is 4. The zero-order valence-corrected chi connectivity index (χ0v) is 27.7. The van der Waals surface area contributed by atoms with Crippen molar-refractivity contribution in [1.29, 1.82) is 0 Å². The van der Waals surface area contributed by atoms with Crippen molar-refractivity contribution in [3.63, 3.8) is 0 Å². The minimum absolute atomic E-state index is 0.0158. The van der Waals surface area contributed by atoms with E-state index >= 15 is 0 Å². The van der Waals surface area contributed by atoms with Gasteiger partial charge in [-0.3, -0.25) is 14.4 Å². The van der Waals surface area contributed by atoms with E-state index in [0.29, 0.717) is 25.0 Å². The van der Waals surface area contributed by atoms with Crippen LogP contribution >= 0.6 is 0 Å². The zero-order chi connectivity index (χ0) is 34.9. The van der Waals surface area contributed by atoms with E-state index in [0.717, 1.165) is 22.1 Å². The van der Waals surface area contributed by atoms with Gasteiger partial charge in [0.15, 0.2) is 0 Å². The first-order valence-corrected chi connectivity index (χ1v) is 16.1. The van der Waals surface area contributed by atoms with Gasteiger partial charge in [-0.05, 0) is 29.9 Å². The molecule has 0 spiro atoms. The van der Waals surface area contributed by atoms with Crippen LogP contribution in [0.25, 0.3) is 0 Å². The number of unbranched alkanes of at least 4 members (excludes halogenated alkanes) is 1.